The topological polar surface area (TPSA) is 221 Å². The predicted octanol–water partition coefficient (Wildman–Crippen LogP) is 5.30. The van der Waals surface area contributed by atoms with E-state index in [-0.39, 0.29) is 41.7 Å². The van der Waals surface area contributed by atoms with E-state index in [9.17, 15) is 39.3 Å². The van der Waals surface area contributed by atoms with Gasteiger partial charge in [-0.25, -0.2) is 9.59 Å². The molecular weight excluding hydrogens is 851 g/mol. The van der Waals surface area contributed by atoms with Crippen molar-refractivity contribution >= 4 is 35.6 Å². The average molecular weight is 910 g/mol. The van der Waals surface area contributed by atoms with E-state index in [0.29, 0.717) is 18.4 Å². The summed E-state index contributed by atoms with van der Waals surface area (Å²) in [6, 6.07) is 23.1. The minimum Gasteiger partial charge on any atom is -0.456 e. The van der Waals surface area contributed by atoms with Gasteiger partial charge in [0.25, 0.3) is 5.91 Å². The molecule has 352 valence electrons. The Morgan fingerprint density at radius 1 is 0.864 bits per heavy atom. The zero-order chi connectivity index (χ0) is 47.8. The molecule has 1 amide bonds. The highest BCUT2D eigenvalue weighted by Gasteiger charge is 2.78. The fraction of sp³-hybridized carbons (Fsp3) is 0.490. The van der Waals surface area contributed by atoms with Crippen LogP contribution in [0.2, 0.25) is 0 Å². The first-order valence-electron chi connectivity index (χ1n) is 22.5. The summed E-state index contributed by atoms with van der Waals surface area (Å²) in [6.07, 6.45) is -8.65. The van der Waals surface area contributed by atoms with Gasteiger partial charge in [-0.05, 0) is 61.2 Å². The summed E-state index contributed by atoms with van der Waals surface area (Å²) in [4.78, 5) is 85.1. The molecule has 3 aromatic carbocycles. The van der Waals surface area contributed by atoms with Crippen molar-refractivity contribution in [3.8, 4) is 0 Å². The van der Waals surface area contributed by atoms with Crippen molar-refractivity contribution in [2.45, 2.75) is 134 Å². The lowest BCUT2D eigenvalue weighted by molar-refractivity contribution is -0.346. The first kappa shape index (κ1) is 48.2. The van der Waals surface area contributed by atoms with Crippen LogP contribution in [0.5, 0.6) is 0 Å². The molecule has 4 aliphatic rings. The minimum atomic E-state index is -2.40. The molecule has 0 spiro atoms. The van der Waals surface area contributed by atoms with Crippen LogP contribution in [0.4, 0.5) is 0 Å². The van der Waals surface area contributed by atoms with Crippen LogP contribution in [0.1, 0.15) is 112 Å². The van der Waals surface area contributed by atoms with E-state index in [1.165, 1.54) is 26.0 Å². The quantitative estimate of drug-likeness (QED) is 0.0699. The van der Waals surface area contributed by atoms with Crippen molar-refractivity contribution in [1.29, 1.82) is 0 Å². The molecule has 0 radical (unpaired) electrons. The number of ketones is 1. The number of unbranched alkanes of at least 4 members (excludes halogenated alkanes) is 2. The Labute approximate surface area is 383 Å². The standard InChI is InChI=1S/C51H59NO14/c1-7-8-12-25-37(55)64-41-38-29(2)34(63-47(60)40(56)39(31-19-13-9-14-20-31)52-45(58)32-21-15-10-16-22-32)27-51(61,48(38,4)5)44(65-46(59)33-23-17-11-18-24-33)42-49(6,43(41)57)35(54)26-36-50(42,28-62-36)66-30(3)53/h9-11,13-24,34-36,39-42,44,54,56,61H,7-8,12,25-28H2,1-6H3,(H,52,58)/t34-,35-,36+,39-,40+,41+,42-,44-,49+,50-,51+/m0/s1. The number of amides is 1. The molecule has 7 rings (SSSR count). The molecule has 3 fully saturated rings. The fourth-order valence-electron chi connectivity index (χ4n) is 10.7. The average Bonchev–Trinajstić information content (AvgIpc) is 3.29. The zero-order valence-electron chi connectivity index (χ0n) is 38.1. The summed E-state index contributed by atoms with van der Waals surface area (Å²) in [6.45, 7) is 8.98. The molecule has 15 heteroatoms. The third kappa shape index (κ3) is 8.46. The molecule has 3 aliphatic carbocycles. The molecule has 1 saturated heterocycles. The Kier molecular flexibility index (Phi) is 13.8. The van der Waals surface area contributed by atoms with Crippen LogP contribution in [0, 0.1) is 16.7 Å². The number of aliphatic hydroxyl groups excluding tert-OH is 2. The van der Waals surface area contributed by atoms with Gasteiger partial charge in [0.15, 0.2) is 23.6 Å². The monoisotopic (exact) mass is 909 g/mol. The van der Waals surface area contributed by atoms with Crippen LogP contribution in [0.3, 0.4) is 0 Å². The lowest BCUT2D eigenvalue weighted by Gasteiger charge is -2.67. The van der Waals surface area contributed by atoms with Crippen LogP contribution in [-0.4, -0.2) is 105 Å². The Bertz CT molecular complexity index is 2350. The summed E-state index contributed by atoms with van der Waals surface area (Å²) in [5.74, 6) is -6.64. The lowest BCUT2D eigenvalue weighted by Crippen LogP contribution is -2.82. The van der Waals surface area contributed by atoms with E-state index < -0.39 is 113 Å². The number of nitrogens with one attached hydrogen (secondary N) is 1. The number of ether oxygens (including phenoxy) is 5. The highest BCUT2D eigenvalue weighted by Crippen LogP contribution is 2.64. The molecule has 4 N–H and O–H groups in total. The normalized spacial score (nSPS) is 30.7. The Morgan fingerprint density at radius 2 is 1.47 bits per heavy atom. The van der Waals surface area contributed by atoms with E-state index in [1.807, 2.05) is 6.92 Å². The maximum atomic E-state index is 15.8. The summed E-state index contributed by atoms with van der Waals surface area (Å²) in [5, 5.41) is 40.7. The number of hydrogen-bond acceptors (Lipinski definition) is 14. The van der Waals surface area contributed by atoms with Gasteiger partial charge < -0.3 is 44.3 Å². The lowest BCUT2D eigenvalue weighted by atomic mass is 9.44. The fourth-order valence-corrected chi connectivity index (χ4v) is 10.7. The Balaban J connectivity index is 1.40. The number of Topliss-reactive ketones (excluding diaryl/α,β-unsaturated/α-hetero) is 1. The number of carbonyl (C=O) groups excluding carboxylic acids is 6. The first-order chi connectivity index (χ1) is 31.3. The summed E-state index contributed by atoms with van der Waals surface area (Å²) in [7, 11) is 0. The second-order valence-electron chi connectivity index (χ2n) is 18.7. The van der Waals surface area contributed by atoms with Crippen LogP contribution >= 0.6 is 0 Å². The number of rotatable bonds is 14. The number of benzene rings is 3. The van der Waals surface area contributed by atoms with Crippen molar-refractivity contribution in [3.05, 3.63) is 119 Å². The highest BCUT2D eigenvalue weighted by atomic mass is 16.6. The maximum Gasteiger partial charge on any atom is 0.338 e. The van der Waals surface area contributed by atoms with Crippen LogP contribution in [0.15, 0.2) is 102 Å². The number of carbonyl (C=O) groups is 6. The van der Waals surface area contributed by atoms with Crippen LogP contribution in [0.25, 0.3) is 0 Å². The Morgan fingerprint density at radius 3 is 2.05 bits per heavy atom. The SMILES string of the molecule is CCCCCC(=O)O[C@H]1C(=O)[C@@]2(C)[C@H]([C@H](OC(=O)c3ccccc3)[C@]3(O)C[C@H](OC(=O)[C@H](O)[C@@H](NC(=O)c4ccccc4)c4ccccc4)C(C)=C1C3(C)C)[C@]1(OC(C)=O)CO[C@@H]1C[C@@H]2O. The smallest absolute Gasteiger partial charge is 0.338 e. The molecule has 66 heavy (non-hydrogen) atoms. The van der Waals surface area contributed by atoms with Gasteiger partial charge in [0.2, 0.25) is 0 Å². The maximum absolute atomic E-state index is 15.8. The largest absolute Gasteiger partial charge is 0.456 e. The molecular formula is C51H59NO14. The number of esters is 4. The van der Waals surface area contributed by atoms with Crippen LogP contribution < -0.4 is 5.32 Å². The van der Waals surface area contributed by atoms with E-state index >= 15 is 4.79 Å². The van der Waals surface area contributed by atoms with Gasteiger partial charge >= 0.3 is 23.9 Å². The van der Waals surface area contributed by atoms with Crippen molar-refractivity contribution in [3.63, 3.8) is 0 Å². The van der Waals surface area contributed by atoms with Gasteiger partial charge in [-0.15, -0.1) is 0 Å². The highest BCUT2D eigenvalue weighted by molar-refractivity contribution is 5.96. The van der Waals surface area contributed by atoms with Gasteiger partial charge in [0.05, 0.1) is 35.6 Å². The molecule has 15 nitrogen and oxygen atoms in total. The second kappa shape index (κ2) is 18.9. The number of aliphatic hydroxyl groups is 3. The molecule has 1 aliphatic heterocycles. The van der Waals surface area contributed by atoms with Crippen LogP contribution in [-0.2, 0) is 42.9 Å². The summed E-state index contributed by atoms with van der Waals surface area (Å²) in [5.41, 5.74) is -6.98. The van der Waals surface area contributed by atoms with Gasteiger partial charge in [-0.2, -0.15) is 0 Å². The number of hydrogen-bond donors (Lipinski definition) is 4. The second-order valence-corrected chi connectivity index (χ2v) is 18.7. The molecule has 0 aromatic heterocycles. The van der Waals surface area contributed by atoms with E-state index in [2.05, 4.69) is 5.32 Å². The molecule has 2 bridgehead atoms. The van der Waals surface area contributed by atoms with Crippen molar-refractivity contribution < 1.29 is 67.8 Å². The molecule has 1 heterocycles. The summed E-state index contributed by atoms with van der Waals surface area (Å²) >= 11 is 0. The number of fused-ring (bicyclic) bond motifs is 5. The van der Waals surface area contributed by atoms with E-state index in [4.69, 9.17) is 23.7 Å². The molecule has 11 atom stereocenters. The van der Waals surface area contributed by atoms with Gasteiger partial charge in [-0.3, -0.25) is 19.2 Å². The first-order valence-corrected chi connectivity index (χ1v) is 22.5. The third-order valence-electron chi connectivity index (χ3n) is 14.4. The van der Waals surface area contributed by atoms with Crippen molar-refractivity contribution in [2.24, 2.45) is 16.7 Å². The van der Waals surface area contributed by atoms with Gasteiger partial charge in [0, 0.05) is 37.2 Å². The van der Waals surface area contributed by atoms with E-state index in [1.54, 1.807) is 99.6 Å². The Hall–Kier alpha value is -5.74. The van der Waals surface area contributed by atoms with Crippen molar-refractivity contribution in [2.75, 3.05) is 6.61 Å². The van der Waals surface area contributed by atoms with Crippen molar-refractivity contribution in [1.82, 2.24) is 5.32 Å². The third-order valence-corrected chi connectivity index (χ3v) is 14.4. The molecule has 0 unspecified atom stereocenters. The molecule has 2 saturated carbocycles. The predicted molar refractivity (Wildman–Crippen MR) is 236 cm³/mol. The molecule has 3 aromatic rings. The van der Waals surface area contributed by atoms with Gasteiger partial charge in [0.1, 0.15) is 23.9 Å². The summed E-state index contributed by atoms with van der Waals surface area (Å²) < 4.78 is 30.9. The van der Waals surface area contributed by atoms with E-state index in [0.717, 1.165) is 6.42 Å². The minimum absolute atomic E-state index is 0.0236. The zero-order valence-corrected chi connectivity index (χ0v) is 38.1. The van der Waals surface area contributed by atoms with Gasteiger partial charge in [-0.1, -0.05) is 100 Å².